The highest BCUT2D eigenvalue weighted by atomic mass is 19.1. The molecule has 2 rings (SSSR count). The number of nitrogens with two attached hydrogens (primary N) is 1. The van der Waals surface area contributed by atoms with Gasteiger partial charge in [-0.3, -0.25) is 0 Å². The van der Waals surface area contributed by atoms with E-state index in [1.54, 1.807) is 13.1 Å². The molecule has 84 valence electrons. The molecule has 0 aliphatic rings. The predicted octanol–water partition coefficient (Wildman–Crippen LogP) is 0.510. The predicted molar refractivity (Wildman–Crippen MR) is 53.9 cm³/mol. The van der Waals surface area contributed by atoms with Crippen LogP contribution in [-0.4, -0.2) is 20.2 Å². The van der Waals surface area contributed by atoms with E-state index >= 15 is 0 Å². The van der Waals surface area contributed by atoms with Crippen LogP contribution in [0.2, 0.25) is 0 Å². The van der Waals surface area contributed by atoms with Gasteiger partial charge < -0.3 is 10.5 Å². The molecule has 0 fully saturated rings. The third kappa shape index (κ3) is 2.25. The molecule has 0 aliphatic heterocycles. The first-order chi connectivity index (χ1) is 7.65. The van der Waals surface area contributed by atoms with E-state index in [9.17, 15) is 4.39 Å². The molecule has 0 unspecified atom stereocenters. The first kappa shape index (κ1) is 10.3. The number of aryl methyl sites for hydroxylation is 1. The number of tetrazole rings is 1. The van der Waals surface area contributed by atoms with Crippen LogP contribution in [0.4, 0.5) is 10.1 Å². The van der Waals surface area contributed by atoms with Crippen LogP contribution in [0.5, 0.6) is 5.75 Å². The van der Waals surface area contributed by atoms with Crippen molar-refractivity contribution in [3.63, 3.8) is 0 Å². The summed E-state index contributed by atoms with van der Waals surface area (Å²) in [6.07, 6.45) is 0. The molecule has 7 heteroatoms. The second-order valence-electron chi connectivity index (χ2n) is 3.17. The van der Waals surface area contributed by atoms with Gasteiger partial charge in [0.05, 0.1) is 7.05 Å². The van der Waals surface area contributed by atoms with Crippen molar-refractivity contribution in [1.29, 1.82) is 0 Å². The summed E-state index contributed by atoms with van der Waals surface area (Å²) in [6, 6.07) is 4.21. The van der Waals surface area contributed by atoms with Crippen molar-refractivity contribution < 1.29 is 9.13 Å². The second kappa shape index (κ2) is 4.13. The molecule has 0 spiro atoms. The van der Waals surface area contributed by atoms with Gasteiger partial charge in [-0.2, -0.15) is 4.80 Å². The van der Waals surface area contributed by atoms with Crippen LogP contribution in [0.25, 0.3) is 0 Å². The van der Waals surface area contributed by atoms with Gasteiger partial charge >= 0.3 is 0 Å². The highest BCUT2D eigenvalue weighted by Gasteiger charge is 2.06. The first-order valence-electron chi connectivity index (χ1n) is 4.56. The minimum atomic E-state index is -0.510. The lowest BCUT2D eigenvalue weighted by atomic mass is 10.3. The third-order valence-corrected chi connectivity index (χ3v) is 1.86. The van der Waals surface area contributed by atoms with E-state index in [2.05, 4.69) is 15.4 Å². The normalized spacial score (nSPS) is 10.4. The number of aromatic nitrogens is 4. The average molecular weight is 223 g/mol. The molecule has 2 N–H and O–H groups in total. The third-order valence-electron chi connectivity index (χ3n) is 1.86. The highest BCUT2D eigenvalue weighted by Crippen LogP contribution is 2.19. The fourth-order valence-corrected chi connectivity index (χ4v) is 1.16. The zero-order valence-corrected chi connectivity index (χ0v) is 8.59. The molecule has 16 heavy (non-hydrogen) atoms. The summed E-state index contributed by atoms with van der Waals surface area (Å²) in [4.78, 5) is 1.30. The molecule has 0 aliphatic carbocycles. The number of hydrogen-bond acceptors (Lipinski definition) is 5. The Balaban J connectivity index is 2.04. The molecule has 0 amide bonds. The van der Waals surface area contributed by atoms with Crippen LogP contribution >= 0.6 is 0 Å². The highest BCUT2D eigenvalue weighted by molar-refractivity contribution is 5.42. The van der Waals surface area contributed by atoms with E-state index in [4.69, 9.17) is 10.5 Å². The monoisotopic (exact) mass is 223 g/mol. The Kier molecular flexibility index (Phi) is 2.67. The Hall–Kier alpha value is -2.18. The Morgan fingerprint density at radius 2 is 2.31 bits per heavy atom. The van der Waals surface area contributed by atoms with Gasteiger partial charge in [0.1, 0.15) is 0 Å². The van der Waals surface area contributed by atoms with Crippen LogP contribution in [0.15, 0.2) is 18.2 Å². The molecule has 0 radical (unpaired) electrons. The summed E-state index contributed by atoms with van der Waals surface area (Å²) in [6.45, 7) is 0.0642. The molecule has 0 saturated heterocycles. The first-order valence-corrected chi connectivity index (χ1v) is 4.56. The minimum Gasteiger partial charge on any atom is -0.482 e. The molecule has 0 atom stereocenters. The molecular weight excluding hydrogens is 213 g/mol. The quantitative estimate of drug-likeness (QED) is 0.767. The molecule has 2 aromatic rings. The summed E-state index contributed by atoms with van der Waals surface area (Å²) >= 11 is 0. The minimum absolute atomic E-state index is 0.0642. The van der Waals surface area contributed by atoms with Crippen LogP contribution in [0, 0.1) is 5.82 Å². The maximum atomic E-state index is 13.3. The second-order valence-corrected chi connectivity index (χ2v) is 3.17. The number of hydrogen-bond donors (Lipinski definition) is 1. The maximum absolute atomic E-state index is 13.3. The van der Waals surface area contributed by atoms with Crippen molar-refractivity contribution in [3.05, 3.63) is 29.8 Å². The van der Waals surface area contributed by atoms with Crippen molar-refractivity contribution in [2.24, 2.45) is 7.05 Å². The van der Waals surface area contributed by atoms with Crippen molar-refractivity contribution >= 4 is 5.69 Å². The lowest BCUT2D eigenvalue weighted by Crippen LogP contribution is -2.01. The smallest absolute Gasteiger partial charge is 0.212 e. The van der Waals surface area contributed by atoms with Gasteiger partial charge in [-0.1, -0.05) is 0 Å². The zero-order valence-electron chi connectivity index (χ0n) is 8.59. The fraction of sp³-hybridized carbons (Fsp3) is 0.222. The van der Waals surface area contributed by atoms with E-state index in [0.29, 0.717) is 11.5 Å². The van der Waals surface area contributed by atoms with E-state index < -0.39 is 5.82 Å². The van der Waals surface area contributed by atoms with Crippen LogP contribution in [0.1, 0.15) is 5.82 Å². The van der Waals surface area contributed by atoms with E-state index in [0.717, 1.165) is 0 Å². The number of nitrogens with zero attached hydrogens (tertiary/aromatic N) is 4. The lowest BCUT2D eigenvalue weighted by molar-refractivity contribution is 0.280. The van der Waals surface area contributed by atoms with Crippen molar-refractivity contribution in [3.8, 4) is 5.75 Å². The number of nitrogen functional groups attached to an aromatic ring is 1. The summed E-state index contributed by atoms with van der Waals surface area (Å²) in [5.74, 6) is -0.00994. The SMILES string of the molecule is Cn1nnc(COc2ccc(N)cc2F)n1. The van der Waals surface area contributed by atoms with Gasteiger partial charge in [0.15, 0.2) is 18.2 Å². The Morgan fingerprint density at radius 1 is 1.50 bits per heavy atom. The van der Waals surface area contributed by atoms with E-state index in [1.165, 1.54) is 16.9 Å². The number of rotatable bonds is 3. The summed E-state index contributed by atoms with van der Waals surface area (Å²) in [5.41, 5.74) is 5.75. The average Bonchev–Trinajstić information content (AvgIpc) is 2.63. The molecule has 6 nitrogen and oxygen atoms in total. The van der Waals surface area contributed by atoms with Gasteiger partial charge in [-0.05, 0) is 17.3 Å². The lowest BCUT2D eigenvalue weighted by Gasteiger charge is -2.04. The molecule has 0 bridgehead atoms. The maximum Gasteiger partial charge on any atom is 0.212 e. The number of ether oxygens (including phenoxy) is 1. The molecular formula is C9H10FN5O. The van der Waals surface area contributed by atoms with Gasteiger partial charge in [0, 0.05) is 11.8 Å². The summed E-state index contributed by atoms with van der Waals surface area (Å²) in [7, 11) is 1.64. The van der Waals surface area contributed by atoms with Crippen LogP contribution < -0.4 is 10.5 Å². The summed E-state index contributed by atoms with van der Waals surface area (Å²) < 4.78 is 18.5. The molecule has 0 saturated carbocycles. The number of halogens is 1. The van der Waals surface area contributed by atoms with Crippen LogP contribution in [-0.2, 0) is 13.7 Å². The Morgan fingerprint density at radius 3 is 2.94 bits per heavy atom. The van der Waals surface area contributed by atoms with Gasteiger partial charge in [-0.25, -0.2) is 4.39 Å². The fourth-order valence-electron chi connectivity index (χ4n) is 1.16. The topological polar surface area (TPSA) is 78.8 Å². The molecule has 1 aromatic heterocycles. The molecule has 1 aromatic carbocycles. The van der Waals surface area contributed by atoms with Crippen LogP contribution in [0.3, 0.4) is 0 Å². The van der Waals surface area contributed by atoms with E-state index in [1.807, 2.05) is 0 Å². The van der Waals surface area contributed by atoms with Gasteiger partial charge in [0.2, 0.25) is 5.82 Å². The summed E-state index contributed by atoms with van der Waals surface area (Å²) in [5, 5.41) is 11.2. The van der Waals surface area contributed by atoms with E-state index in [-0.39, 0.29) is 12.4 Å². The Bertz CT molecular complexity index is 498. The van der Waals surface area contributed by atoms with Crippen molar-refractivity contribution in [2.45, 2.75) is 6.61 Å². The number of anilines is 1. The number of benzene rings is 1. The van der Waals surface area contributed by atoms with Crippen molar-refractivity contribution in [1.82, 2.24) is 20.2 Å². The Labute approximate surface area is 90.8 Å². The molecule has 1 heterocycles. The largest absolute Gasteiger partial charge is 0.482 e. The van der Waals surface area contributed by atoms with Crippen molar-refractivity contribution in [2.75, 3.05) is 5.73 Å². The van der Waals surface area contributed by atoms with Gasteiger partial charge in [-0.15, -0.1) is 10.2 Å². The van der Waals surface area contributed by atoms with Gasteiger partial charge in [0.25, 0.3) is 0 Å². The zero-order chi connectivity index (χ0) is 11.5. The standard InChI is InChI=1S/C9H10FN5O/c1-15-13-9(12-14-15)5-16-8-3-2-6(11)4-7(8)10/h2-4H,5,11H2,1H3.